The maximum Gasteiger partial charge on any atom is 0.228 e. The molecule has 0 aliphatic carbocycles. The first-order chi connectivity index (χ1) is 24.4. The molecule has 0 bridgehead atoms. The minimum Gasteiger partial charge on any atom is -0.381 e. The van der Waals surface area contributed by atoms with E-state index < -0.39 is 5.95 Å². The van der Waals surface area contributed by atoms with E-state index in [0.717, 1.165) is 24.4 Å². The first kappa shape index (κ1) is 38.3. The molecule has 51 heavy (non-hydrogen) atoms. The molecule has 1 unspecified atom stereocenters. The van der Waals surface area contributed by atoms with E-state index in [2.05, 4.69) is 65.2 Å². The lowest BCUT2D eigenvalue weighted by Crippen LogP contribution is -2.29. The molecule has 0 saturated heterocycles. The molecule has 5 aromatic rings. The molecule has 0 saturated carbocycles. The molecule has 0 amide bonds. The maximum atomic E-state index is 16.0. The molecule has 0 radical (unpaired) electrons. The van der Waals surface area contributed by atoms with Gasteiger partial charge in [-0.2, -0.15) is 9.49 Å². The zero-order valence-electron chi connectivity index (χ0n) is 31.1. The summed E-state index contributed by atoms with van der Waals surface area (Å²) in [7, 11) is 1.82. The van der Waals surface area contributed by atoms with Crippen molar-refractivity contribution in [3.8, 4) is 11.3 Å². The summed E-state index contributed by atoms with van der Waals surface area (Å²) in [4.78, 5) is 8.92. The van der Waals surface area contributed by atoms with E-state index in [9.17, 15) is 0 Å². The van der Waals surface area contributed by atoms with Crippen LogP contribution in [0.25, 0.3) is 16.9 Å². The summed E-state index contributed by atoms with van der Waals surface area (Å²) in [6.45, 7) is 13.1. The van der Waals surface area contributed by atoms with Crippen LogP contribution in [0.2, 0.25) is 5.02 Å². The topological polar surface area (TPSA) is 95.1 Å². The smallest absolute Gasteiger partial charge is 0.228 e. The van der Waals surface area contributed by atoms with Gasteiger partial charge in [-0.15, -0.1) is 10.2 Å². The number of benzene rings is 1. The number of hydrogen-bond donors (Lipinski definition) is 1. The second kappa shape index (κ2) is 17.6. The number of nitrogens with one attached hydrogen (secondary N) is 1. The molecule has 274 valence electrons. The van der Waals surface area contributed by atoms with Gasteiger partial charge in [0.15, 0.2) is 5.65 Å². The van der Waals surface area contributed by atoms with Gasteiger partial charge in [-0.05, 0) is 66.3 Å². The number of hydrogen-bond acceptors (Lipinski definition) is 7. The molecule has 5 rings (SSSR count). The lowest BCUT2D eigenvalue weighted by Gasteiger charge is -2.39. The lowest BCUT2D eigenvalue weighted by atomic mass is 9.67. The fourth-order valence-corrected chi connectivity index (χ4v) is 6.31. The van der Waals surface area contributed by atoms with Crippen LogP contribution in [0.5, 0.6) is 0 Å². The van der Waals surface area contributed by atoms with Crippen molar-refractivity contribution >= 4 is 29.0 Å². The van der Waals surface area contributed by atoms with E-state index in [-0.39, 0.29) is 5.92 Å². The first-order valence-electron chi connectivity index (χ1n) is 18.4. The van der Waals surface area contributed by atoms with Gasteiger partial charge in [0.25, 0.3) is 0 Å². The van der Waals surface area contributed by atoms with Gasteiger partial charge in [-0.25, -0.2) is 9.97 Å². The van der Waals surface area contributed by atoms with E-state index in [1.54, 1.807) is 29.2 Å². The summed E-state index contributed by atoms with van der Waals surface area (Å²) in [5.41, 5.74) is 3.37. The number of ether oxygens (including phenoxy) is 1. The number of aromatic nitrogens is 7. The highest BCUT2D eigenvalue weighted by molar-refractivity contribution is 6.30. The zero-order chi connectivity index (χ0) is 36.4. The van der Waals surface area contributed by atoms with Crippen molar-refractivity contribution in [1.82, 2.24) is 34.3 Å². The Morgan fingerprint density at radius 3 is 2.29 bits per heavy atom. The van der Waals surface area contributed by atoms with Crippen molar-refractivity contribution in [3.05, 3.63) is 83.3 Å². The van der Waals surface area contributed by atoms with Crippen molar-refractivity contribution in [2.24, 2.45) is 17.9 Å². The Balaban J connectivity index is 1.16. The Morgan fingerprint density at radius 2 is 1.59 bits per heavy atom. The third-order valence-corrected chi connectivity index (χ3v) is 10.7. The quantitative estimate of drug-likeness (QED) is 0.0671. The fourth-order valence-electron chi connectivity index (χ4n) is 6.18. The second-order valence-corrected chi connectivity index (χ2v) is 15.8. The Hall–Kier alpha value is -3.89. The molecule has 9 nitrogen and oxygen atoms in total. The number of pyridine rings is 1. The Bertz CT molecular complexity index is 1830. The van der Waals surface area contributed by atoms with Gasteiger partial charge in [-0.3, -0.25) is 9.08 Å². The molecule has 1 atom stereocenters. The number of anilines is 2. The van der Waals surface area contributed by atoms with Gasteiger partial charge in [-0.1, -0.05) is 96.9 Å². The standard InChI is InChI=1S/C40H54ClFN8O/c1-39(2,3)40(4,5)21-12-10-8-7-9-11-13-24-51-25-20-30(26-29-14-16-32(41)17-15-29)37-48-47-36-28-31(27-34(42)50(36)37)33-18-22-43-38(45-33)46-35-19-23-44-49(35)6/h14-19,22-23,27-28,30H,7-13,20-21,24-26H2,1-6H3,(H,43,45,46). The highest BCUT2D eigenvalue weighted by Gasteiger charge is 2.31. The van der Waals surface area contributed by atoms with Gasteiger partial charge >= 0.3 is 0 Å². The van der Waals surface area contributed by atoms with Crippen LogP contribution in [-0.2, 0) is 18.2 Å². The molecular formula is C40H54ClFN8O. The van der Waals surface area contributed by atoms with E-state index in [1.807, 2.05) is 37.4 Å². The van der Waals surface area contributed by atoms with E-state index >= 15 is 4.39 Å². The Labute approximate surface area is 307 Å². The van der Waals surface area contributed by atoms with Crippen LogP contribution in [0.15, 0.2) is 60.9 Å². The lowest BCUT2D eigenvalue weighted by molar-refractivity contribution is 0.115. The fraction of sp³-hybridized carbons (Fsp3) is 0.525. The summed E-state index contributed by atoms with van der Waals surface area (Å²) in [5, 5.41) is 16.9. The maximum absolute atomic E-state index is 16.0. The summed E-state index contributed by atoms with van der Waals surface area (Å²) in [6, 6.07) is 14.6. The summed E-state index contributed by atoms with van der Waals surface area (Å²) < 4.78 is 25.3. The van der Waals surface area contributed by atoms with Crippen LogP contribution in [0.3, 0.4) is 0 Å². The average molecular weight is 717 g/mol. The van der Waals surface area contributed by atoms with Crippen LogP contribution in [0, 0.1) is 16.8 Å². The predicted molar refractivity (Wildman–Crippen MR) is 204 cm³/mol. The molecule has 1 aromatic carbocycles. The van der Waals surface area contributed by atoms with Gasteiger partial charge in [0.05, 0.1) is 11.9 Å². The third kappa shape index (κ3) is 10.6. The Kier molecular flexibility index (Phi) is 13.2. The summed E-state index contributed by atoms with van der Waals surface area (Å²) in [5.74, 6) is 1.12. The van der Waals surface area contributed by atoms with Gasteiger partial charge in [0.2, 0.25) is 11.9 Å². The highest BCUT2D eigenvalue weighted by Crippen LogP contribution is 2.42. The second-order valence-electron chi connectivity index (χ2n) is 15.3. The van der Waals surface area contributed by atoms with E-state index in [4.69, 9.17) is 16.3 Å². The van der Waals surface area contributed by atoms with Crippen LogP contribution in [0.4, 0.5) is 16.2 Å². The molecule has 11 heteroatoms. The van der Waals surface area contributed by atoms with Crippen LogP contribution >= 0.6 is 11.6 Å². The normalized spacial score (nSPS) is 12.9. The molecule has 0 aliphatic heterocycles. The van der Waals surface area contributed by atoms with Crippen molar-refractivity contribution in [1.29, 1.82) is 0 Å². The largest absolute Gasteiger partial charge is 0.381 e. The van der Waals surface area contributed by atoms with Crippen molar-refractivity contribution in [2.75, 3.05) is 18.5 Å². The van der Waals surface area contributed by atoms with E-state index in [1.165, 1.54) is 55.4 Å². The van der Waals surface area contributed by atoms with Crippen molar-refractivity contribution in [3.63, 3.8) is 0 Å². The minimum atomic E-state index is -0.456. The highest BCUT2D eigenvalue weighted by atomic mass is 35.5. The van der Waals surface area contributed by atoms with Crippen molar-refractivity contribution < 1.29 is 9.13 Å². The summed E-state index contributed by atoms with van der Waals surface area (Å²) >= 11 is 6.17. The summed E-state index contributed by atoms with van der Waals surface area (Å²) in [6.07, 6.45) is 14.6. The van der Waals surface area contributed by atoms with Gasteiger partial charge in [0, 0.05) is 55.1 Å². The third-order valence-electron chi connectivity index (χ3n) is 10.5. The number of aryl methyl sites for hydroxylation is 1. The zero-order valence-corrected chi connectivity index (χ0v) is 31.9. The van der Waals surface area contributed by atoms with Crippen LogP contribution in [-0.4, -0.2) is 47.6 Å². The number of rotatable bonds is 19. The number of unbranched alkanes of at least 4 members (excludes halogenated alkanes) is 6. The average Bonchev–Trinajstić information content (AvgIpc) is 3.71. The van der Waals surface area contributed by atoms with Crippen molar-refractivity contribution in [2.45, 2.75) is 105 Å². The molecule has 0 fully saturated rings. The van der Waals surface area contributed by atoms with Crippen LogP contribution < -0.4 is 5.32 Å². The number of halogens is 2. The predicted octanol–water partition coefficient (Wildman–Crippen LogP) is 10.4. The van der Waals surface area contributed by atoms with Gasteiger partial charge in [0.1, 0.15) is 11.6 Å². The monoisotopic (exact) mass is 716 g/mol. The molecular weight excluding hydrogens is 663 g/mol. The molecule has 1 N–H and O–H groups in total. The number of fused-ring (bicyclic) bond motifs is 1. The first-order valence-corrected chi connectivity index (χ1v) is 18.7. The van der Waals surface area contributed by atoms with E-state index in [0.29, 0.717) is 64.0 Å². The van der Waals surface area contributed by atoms with Gasteiger partial charge < -0.3 is 10.1 Å². The minimum absolute atomic E-state index is 0.112. The molecule has 0 aliphatic rings. The SMILES string of the molecule is Cn1nccc1Nc1nccc(-c2cc(F)n3c(C(CCOCCCCCCCCCC(C)(C)C(C)(C)C)Cc4ccc(Cl)cc4)nnc3c2)n1. The Morgan fingerprint density at radius 1 is 0.863 bits per heavy atom. The van der Waals surface area contributed by atoms with Crippen LogP contribution in [0.1, 0.15) is 110 Å². The molecule has 4 aromatic heterocycles. The molecule has 4 heterocycles. The molecule has 0 spiro atoms. The number of nitrogens with zero attached hydrogens (tertiary/aromatic N) is 7.